The summed E-state index contributed by atoms with van der Waals surface area (Å²) >= 11 is 0. The zero-order valence-electron chi connectivity index (χ0n) is 9.09. The van der Waals surface area contributed by atoms with E-state index < -0.39 is 5.60 Å². The molecule has 0 amide bonds. The fraction of sp³-hybridized carbons (Fsp3) is 0.909. The molecule has 0 fully saturated rings. The van der Waals surface area contributed by atoms with Crippen LogP contribution in [0.5, 0.6) is 0 Å². The minimum absolute atomic E-state index is 0. The Labute approximate surface area is 87.2 Å². The van der Waals surface area contributed by atoms with E-state index in [4.69, 9.17) is 4.74 Å². The van der Waals surface area contributed by atoms with Crippen LogP contribution in [0, 0.1) is 5.41 Å². The van der Waals surface area contributed by atoms with E-state index in [0.717, 1.165) is 5.90 Å². The number of hydrogen-bond acceptors (Lipinski definition) is 3. The lowest BCUT2D eigenvalue weighted by Crippen LogP contribution is -2.35. The highest BCUT2D eigenvalue weighted by atomic mass is 16.5. The molecule has 0 aliphatic carbocycles. The molecule has 0 unspecified atom stereocenters. The molecule has 14 heavy (non-hydrogen) atoms. The molecule has 0 bridgehead atoms. The van der Waals surface area contributed by atoms with Crippen LogP contribution in [0.15, 0.2) is 4.99 Å². The van der Waals surface area contributed by atoms with E-state index in [1.165, 1.54) is 0 Å². The van der Waals surface area contributed by atoms with Crippen molar-refractivity contribution in [3.05, 3.63) is 0 Å². The van der Waals surface area contributed by atoms with Crippen LogP contribution in [-0.4, -0.2) is 29.3 Å². The number of nitrogens with zero attached hydrogens (tertiary/aromatic N) is 1. The van der Waals surface area contributed by atoms with E-state index in [1.54, 1.807) is 13.8 Å². The monoisotopic (exact) mass is 201 g/mol. The summed E-state index contributed by atoms with van der Waals surface area (Å²) in [6, 6.07) is -0.123. The number of aliphatic hydroxyl groups is 1. The van der Waals surface area contributed by atoms with Crippen molar-refractivity contribution in [1.29, 1.82) is 0 Å². The van der Waals surface area contributed by atoms with Crippen LogP contribution in [0.4, 0.5) is 0 Å². The van der Waals surface area contributed by atoms with Crippen molar-refractivity contribution < 1.29 is 9.84 Å². The molecule has 84 valence electrons. The number of rotatable bonds is 1. The second-order valence-electron chi connectivity index (χ2n) is 5.16. The van der Waals surface area contributed by atoms with Crippen LogP contribution in [0.3, 0.4) is 0 Å². The van der Waals surface area contributed by atoms with Gasteiger partial charge >= 0.3 is 0 Å². The van der Waals surface area contributed by atoms with Crippen molar-refractivity contribution in [3.63, 3.8) is 0 Å². The van der Waals surface area contributed by atoms with E-state index in [9.17, 15) is 5.11 Å². The van der Waals surface area contributed by atoms with Crippen molar-refractivity contribution in [2.75, 3.05) is 6.61 Å². The van der Waals surface area contributed by atoms with Gasteiger partial charge in [0.2, 0.25) is 0 Å². The summed E-state index contributed by atoms with van der Waals surface area (Å²) in [5.74, 6) is 0.750. The van der Waals surface area contributed by atoms with Gasteiger partial charge in [-0.15, -0.1) is 0 Å². The van der Waals surface area contributed by atoms with Crippen LogP contribution in [0.2, 0.25) is 0 Å². The lowest BCUT2D eigenvalue weighted by atomic mass is 9.96. The molecule has 1 aliphatic heterocycles. The molecule has 3 heteroatoms. The zero-order valence-corrected chi connectivity index (χ0v) is 9.09. The molecule has 1 aliphatic rings. The van der Waals surface area contributed by atoms with E-state index in [1.807, 2.05) is 0 Å². The predicted octanol–water partition coefficient (Wildman–Crippen LogP) is 2.24. The smallest absolute Gasteiger partial charge is 0.189 e. The lowest BCUT2D eigenvalue weighted by molar-refractivity contribution is 0.0432. The maximum absolute atomic E-state index is 9.71. The second-order valence-corrected chi connectivity index (χ2v) is 5.16. The SMILES string of the molecule is C.CC(C)(C)C1=N[C@H](C(C)(C)O)CO1. The van der Waals surface area contributed by atoms with Gasteiger partial charge in [0.05, 0.1) is 5.60 Å². The quantitative estimate of drug-likeness (QED) is 0.707. The first-order valence-corrected chi connectivity index (χ1v) is 4.65. The van der Waals surface area contributed by atoms with Crippen LogP contribution in [0.25, 0.3) is 0 Å². The van der Waals surface area contributed by atoms with Gasteiger partial charge in [-0.3, -0.25) is 0 Å². The second kappa shape index (κ2) is 3.89. The molecule has 0 saturated heterocycles. The third-order valence-corrected chi connectivity index (χ3v) is 2.11. The Balaban J connectivity index is 0.00000169. The number of aliphatic imine (C=N–C) groups is 1. The molecular formula is C11H23NO2. The summed E-state index contributed by atoms with van der Waals surface area (Å²) in [5.41, 5.74) is -0.840. The largest absolute Gasteiger partial charge is 0.478 e. The van der Waals surface area contributed by atoms with Gasteiger partial charge in [0.25, 0.3) is 0 Å². The molecule has 0 aromatic carbocycles. The summed E-state index contributed by atoms with van der Waals surface area (Å²) in [7, 11) is 0. The molecule has 1 heterocycles. The standard InChI is InChI=1S/C10H19NO2.CH4/c1-9(2,3)8-11-7(6-13-8)10(4,5)12;/h7,12H,6H2,1-5H3;1H4/t7-;/m0./s1. The third kappa shape index (κ3) is 2.98. The number of hydrogen-bond donors (Lipinski definition) is 1. The van der Waals surface area contributed by atoms with Gasteiger partial charge in [0.1, 0.15) is 12.6 Å². The Morgan fingerprint density at radius 1 is 1.29 bits per heavy atom. The zero-order chi connectivity index (χ0) is 10.3. The number of ether oxygens (including phenoxy) is 1. The van der Waals surface area contributed by atoms with E-state index in [-0.39, 0.29) is 18.9 Å². The van der Waals surface area contributed by atoms with Crippen LogP contribution in [-0.2, 0) is 4.74 Å². The van der Waals surface area contributed by atoms with Gasteiger partial charge in [-0.2, -0.15) is 0 Å². The fourth-order valence-corrected chi connectivity index (χ4v) is 1.15. The highest BCUT2D eigenvalue weighted by Crippen LogP contribution is 2.26. The molecule has 1 N–H and O–H groups in total. The Kier molecular flexibility index (Phi) is 3.73. The average molecular weight is 201 g/mol. The normalized spacial score (nSPS) is 22.4. The molecule has 0 spiro atoms. The van der Waals surface area contributed by atoms with Gasteiger partial charge in [-0.05, 0) is 13.8 Å². The Morgan fingerprint density at radius 2 is 1.79 bits per heavy atom. The molecule has 1 atom stereocenters. The maximum Gasteiger partial charge on any atom is 0.189 e. The first-order chi connectivity index (χ1) is 5.71. The van der Waals surface area contributed by atoms with E-state index in [0.29, 0.717) is 6.61 Å². The topological polar surface area (TPSA) is 41.8 Å². The minimum atomic E-state index is -0.785. The van der Waals surface area contributed by atoms with Gasteiger partial charge in [0.15, 0.2) is 5.90 Å². The van der Waals surface area contributed by atoms with Crippen molar-refractivity contribution in [2.24, 2.45) is 10.4 Å². The first kappa shape index (κ1) is 13.4. The van der Waals surface area contributed by atoms with Crippen molar-refractivity contribution in [1.82, 2.24) is 0 Å². The summed E-state index contributed by atoms with van der Waals surface area (Å²) in [5, 5.41) is 9.71. The highest BCUT2D eigenvalue weighted by Gasteiger charge is 2.35. The van der Waals surface area contributed by atoms with Crippen molar-refractivity contribution in [3.8, 4) is 0 Å². The Bertz CT molecular complexity index is 220. The lowest BCUT2D eigenvalue weighted by Gasteiger charge is -2.20. The summed E-state index contributed by atoms with van der Waals surface area (Å²) in [4.78, 5) is 4.38. The van der Waals surface area contributed by atoms with Gasteiger partial charge in [-0.1, -0.05) is 28.2 Å². The molecule has 0 aromatic heterocycles. The molecular weight excluding hydrogens is 178 g/mol. The molecule has 0 aromatic rings. The summed E-state index contributed by atoms with van der Waals surface area (Å²) < 4.78 is 5.45. The summed E-state index contributed by atoms with van der Waals surface area (Å²) in [6.07, 6.45) is 0. The van der Waals surface area contributed by atoms with E-state index >= 15 is 0 Å². The third-order valence-electron chi connectivity index (χ3n) is 2.11. The van der Waals surface area contributed by atoms with Crippen LogP contribution < -0.4 is 0 Å². The first-order valence-electron chi connectivity index (χ1n) is 4.65. The highest BCUT2D eigenvalue weighted by molar-refractivity contribution is 5.83. The van der Waals surface area contributed by atoms with E-state index in [2.05, 4.69) is 25.8 Å². The Morgan fingerprint density at radius 3 is 2.00 bits per heavy atom. The average Bonchev–Trinajstić information content (AvgIpc) is 2.28. The van der Waals surface area contributed by atoms with Gasteiger partial charge < -0.3 is 9.84 Å². The van der Waals surface area contributed by atoms with Gasteiger partial charge in [-0.25, -0.2) is 4.99 Å². The Hall–Kier alpha value is -0.570. The minimum Gasteiger partial charge on any atom is -0.478 e. The molecule has 3 nitrogen and oxygen atoms in total. The van der Waals surface area contributed by atoms with Crippen LogP contribution >= 0.6 is 0 Å². The summed E-state index contributed by atoms with van der Waals surface area (Å²) in [6.45, 7) is 10.2. The molecule has 0 saturated carbocycles. The fourth-order valence-electron chi connectivity index (χ4n) is 1.15. The van der Waals surface area contributed by atoms with Crippen LogP contribution in [0.1, 0.15) is 42.0 Å². The molecule has 0 radical (unpaired) electrons. The van der Waals surface area contributed by atoms with Crippen molar-refractivity contribution >= 4 is 5.90 Å². The van der Waals surface area contributed by atoms with Gasteiger partial charge in [0, 0.05) is 5.41 Å². The maximum atomic E-state index is 9.71. The molecule has 1 rings (SSSR count). The van der Waals surface area contributed by atoms with Crippen molar-refractivity contribution in [2.45, 2.75) is 53.7 Å². The predicted molar refractivity (Wildman–Crippen MR) is 59.7 cm³/mol.